The number of benzene rings is 1. The fourth-order valence-electron chi connectivity index (χ4n) is 2.16. The molecule has 1 aromatic heterocycles. The van der Waals surface area contributed by atoms with Gasteiger partial charge in [-0.1, -0.05) is 12.8 Å². The van der Waals surface area contributed by atoms with E-state index in [4.69, 9.17) is 10.8 Å². The van der Waals surface area contributed by atoms with Gasteiger partial charge in [0.05, 0.1) is 11.2 Å². The highest BCUT2D eigenvalue weighted by Crippen LogP contribution is 2.26. The lowest BCUT2D eigenvalue weighted by atomic mass is 10.1. The van der Waals surface area contributed by atoms with Crippen molar-refractivity contribution in [1.82, 2.24) is 4.98 Å². The molecule has 0 saturated carbocycles. The first-order valence-electron chi connectivity index (χ1n) is 6.81. The second-order valence-corrected chi connectivity index (χ2v) is 4.67. The Balaban J connectivity index is 1.96. The minimum Gasteiger partial charge on any atom is -0.397 e. The minimum atomic E-state index is 0.293. The van der Waals surface area contributed by atoms with Gasteiger partial charge in [0.1, 0.15) is 0 Å². The number of pyridine rings is 1. The summed E-state index contributed by atoms with van der Waals surface area (Å²) in [5, 5.41) is 13.2. The Bertz CT molecular complexity index is 528. The quantitative estimate of drug-likeness (QED) is 0.528. The fourth-order valence-corrected chi connectivity index (χ4v) is 2.16. The highest BCUT2D eigenvalue weighted by atomic mass is 16.2. The van der Waals surface area contributed by atoms with E-state index in [1.54, 1.807) is 6.20 Å². The van der Waals surface area contributed by atoms with E-state index in [0.717, 1.165) is 48.8 Å². The number of nitrogen functional groups attached to an aromatic ring is 1. The van der Waals surface area contributed by atoms with Crippen LogP contribution >= 0.6 is 0 Å². The van der Waals surface area contributed by atoms with Crippen LogP contribution in [-0.4, -0.2) is 23.2 Å². The van der Waals surface area contributed by atoms with Gasteiger partial charge in [-0.05, 0) is 37.1 Å². The van der Waals surface area contributed by atoms with Crippen molar-refractivity contribution in [2.75, 3.05) is 24.2 Å². The Labute approximate surface area is 113 Å². The van der Waals surface area contributed by atoms with Crippen molar-refractivity contribution in [2.24, 2.45) is 0 Å². The van der Waals surface area contributed by atoms with Gasteiger partial charge in [0.25, 0.3) is 0 Å². The van der Waals surface area contributed by atoms with Crippen LogP contribution in [-0.2, 0) is 0 Å². The zero-order valence-electron chi connectivity index (χ0n) is 11.1. The van der Waals surface area contributed by atoms with Gasteiger partial charge in [0, 0.05) is 30.4 Å². The first kappa shape index (κ1) is 13.6. The van der Waals surface area contributed by atoms with Crippen molar-refractivity contribution >= 4 is 22.3 Å². The van der Waals surface area contributed by atoms with Crippen LogP contribution in [0.5, 0.6) is 0 Å². The predicted molar refractivity (Wildman–Crippen MR) is 80.2 cm³/mol. The number of aliphatic hydroxyl groups is 1. The topological polar surface area (TPSA) is 71.2 Å². The summed E-state index contributed by atoms with van der Waals surface area (Å²) in [6, 6.07) is 7.86. The third-order valence-corrected chi connectivity index (χ3v) is 3.20. The molecule has 0 aliphatic rings. The van der Waals surface area contributed by atoms with Gasteiger partial charge in [-0.2, -0.15) is 0 Å². The predicted octanol–water partition coefficient (Wildman–Crippen LogP) is 2.78. The Hall–Kier alpha value is -1.81. The van der Waals surface area contributed by atoms with E-state index in [1.165, 1.54) is 0 Å². The summed E-state index contributed by atoms with van der Waals surface area (Å²) in [5.41, 5.74) is 8.57. The van der Waals surface area contributed by atoms with E-state index < -0.39 is 0 Å². The zero-order chi connectivity index (χ0) is 13.5. The lowest BCUT2D eigenvalue weighted by Gasteiger charge is -2.10. The number of nitrogens with two attached hydrogens (primary N) is 1. The number of anilines is 2. The summed E-state index contributed by atoms with van der Waals surface area (Å²) < 4.78 is 0. The van der Waals surface area contributed by atoms with E-state index in [-0.39, 0.29) is 0 Å². The summed E-state index contributed by atoms with van der Waals surface area (Å²) in [5.74, 6) is 0. The van der Waals surface area contributed by atoms with Crippen molar-refractivity contribution in [3.8, 4) is 0 Å². The summed E-state index contributed by atoms with van der Waals surface area (Å²) in [7, 11) is 0. The van der Waals surface area contributed by atoms with Gasteiger partial charge in [0.2, 0.25) is 0 Å². The normalized spacial score (nSPS) is 10.8. The monoisotopic (exact) mass is 259 g/mol. The standard InChI is InChI=1S/C15H21N3O/c16-13-7-8-14(12-6-5-10-18-15(12)13)17-9-3-1-2-4-11-19/h5-8,10,17,19H,1-4,9,11,16H2. The molecular weight excluding hydrogens is 238 g/mol. The minimum absolute atomic E-state index is 0.293. The maximum Gasteiger partial charge on any atom is 0.0951 e. The molecule has 0 aliphatic carbocycles. The molecular formula is C15H21N3O. The fraction of sp³-hybridized carbons (Fsp3) is 0.400. The molecule has 2 aromatic rings. The Morgan fingerprint density at radius 1 is 1.11 bits per heavy atom. The highest BCUT2D eigenvalue weighted by molar-refractivity contribution is 5.98. The number of hydrogen-bond acceptors (Lipinski definition) is 4. The zero-order valence-corrected chi connectivity index (χ0v) is 11.1. The number of fused-ring (bicyclic) bond motifs is 1. The first-order valence-corrected chi connectivity index (χ1v) is 6.81. The molecule has 0 bridgehead atoms. The van der Waals surface area contributed by atoms with Crippen LogP contribution < -0.4 is 11.1 Å². The molecule has 0 fully saturated rings. The van der Waals surface area contributed by atoms with Crippen molar-refractivity contribution in [3.05, 3.63) is 30.5 Å². The average molecular weight is 259 g/mol. The van der Waals surface area contributed by atoms with Crippen molar-refractivity contribution in [1.29, 1.82) is 0 Å². The van der Waals surface area contributed by atoms with Gasteiger partial charge in [0.15, 0.2) is 0 Å². The SMILES string of the molecule is Nc1ccc(NCCCCCCO)c2cccnc12. The number of hydrogen-bond donors (Lipinski definition) is 3. The number of nitrogens with zero attached hydrogens (tertiary/aromatic N) is 1. The summed E-state index contributed by atoms with van der Waals surface area (Å²) in [4.78, 5) is 4.32. The van der Waals surface area contributed by atoms with E-state index >= 15 is 0 Å². The molecule has 2 rings (SSSR count). The first-order chi connectivity index (χ1) is 9.33. The number of unbranched alkanes of at least 4 members (excludes halogenated alkanes) is 3. The van der Waals surface area contributed by atoms with Crippen molar-refractivity contribution in [2.45, 2.75) is 25.7 Å². The third kappa shape index (κ3) is 3.58. The molecule has 0 atom stereocenters. The summed E-state index contributed by atoms with van der Waals surface area (Å²) in [6.45, 7) is 1.22. The van der Waals surface area contributed by atoms with E-state index in [1.807, 2.05) is 24.3 Å². The van der Waals surface area contributed by atoms with Gasteiger partial charge in [-0.3, -0.25) is 4.98 Å². The van der Waals surface area contributed by atoms with Crippen LogP contribution in [0, 0.1) is 0 Å². The highest BCUT2D eigenvalue weighted by Gasteiger charge is 2.03. The van der Waals surface area contributed by atoms with Gasteiger partial charge >= 0.3 is 0 Å². The van der Waals surface area contributed by atoms with Crippen molar-refractivity contribution < 1.29 is 5.11 Å². The molecule has 0 radical (unpaired) electrons. The molecule has 4 nitrogen and oxygen atoms in total. The molecule has 1 heterocycles. The van der Waals surface area contributed by atoms with Crippen LogP contribution in [0.2, 0.25) is 0 Å². The number of nitrogens with one attached hydrogen (secondary N) is 1. The van der Waals surface area contributed by atoms with Gasteiger partial charge < -0.3 is 16.2 Å². The molecule has 102 valence electrons. The largest absolute Gasteiger partial charge is 0.397 e. The number of aromatic nitrogens is 1. The van der Waals surface area contributed by atoms with Crippen LogP contribution in [0.3, 0.4) is 0 Å². The maximum absolute atomic E-state index is 8.71. The summed E-state index contributed by atoms with van der Waals surface area (Å²) >= 11 is 0. The van der Waals surface area contributed by atoms with Crippen LogP contribution in [0.15, 0.2) is 30.5 Å². The van der Waals surface area contributed by atoms with E-state index in [0.29, 0.717) is 12.3 Å². The molecule has 4 N–H and O–H groups in total. The van der Waals surface area contributed by atoms with E-state index in [2.05, 4.69) is 10.3 Å². The lowest BCUT2D eigenvalue weighted by molar-refractivity contribution is 0.283. The average Bonchev–Trinajstić information content (AvgIpc) is 2.45. The second kappa shape index (κ2) is 6.95. The lowest BCUT2D eigenvalue weighted by Crippen LogP contribution is -2.03. The van der Waals surface area contributed by atoms with Crippen LogP contribution in [0.4, 0.5) is 11.4 Å². The smallest absolute Gasteiger partial charge is 0.0951 e. The molecule has 4 heteroatoms. The molecule has 0 spiro atoms. The second-order valence-electron chi connectivity index (χ2n) is 4.67. The summed E-state index contributed by atoms with van der Waals surface area (Å²) in [6.07, 6.45) is 5.99. The van der Waals surface area contributed by atoms with Gasteiger partial charge in [-0.25, -0.2) is 0 Å². The number of aliphatic hydroxyl groups excluding tert-OH is 1. The van der Waals surface area contributed by atoms with Crippen LogP contribution in [0.1, 0.15) is 25.7 Å². The van der Waals surface area contributed by atoms with Gasteiger partial charge in [-0.15, -0.1) is 0 Å². The molecule has 0 unspecified atom stereocenters. The number of rotatable bonds is 7. The molecule has 0 amide bonds. The molecule has 1 aromatic carbocycles. The molecule has 19 heavy (non-hydrogen) atoms. The van der Waals surface area contributed by atoms with E-state index in [9.17, 15) is 0 Å². The molecule has 0 aliphatic heterocycles. The Morgan fingerprint density at radius 2 is 1.95 bits per heavy atom. The Morgan fingerprint density at radius 3 is 2.79 bits per heavy atom. The third-order valence-electron chi connectivity index (χ3n) is 3.20. The molecule has 0 saturated heterocycles. The van der Waals surface area contributed by atoms with Crippen LogP contribution in [0.25, 0.3) is 10.9 Å². The maximum atomic E-state index is 8.71. The van der Waals surface area contributed by atoms with Crippen molar-refractivity contribution in [3.63, 3.8) is 0 Å². The Kier molecular flexibility index (Phi) is 4.98.